The van der Waals surface area contributed by atoms with E-state index in [-0.39, 0.29) is 11.8 Å². The first kappa shape index (κ1) is 13.7. The predicted octanol–water partition coefficient (Wildman–Crippen LogP) is 0.965. The largest absolute Gasteiger partial charge is 0.280 e. The minimum atomic E-state index is -0.134. The van der Waals surface area contributed by atoms with Crippen molar-refractivity contribution in [2.75, 3.05) is 18.6 Å². The molecule has 6 nitrogen and oxygen atoms in total. The molecule has 1 saturated heterocycles. The predicted molar refractivity (Wildman–Crippen MR) is 68.0 cm³/mol. The highest BCUT2D eigenvalue weighted by Gasteiger charge is 2.29. The Balaban J connectivity index is 1.94. The first-order chi connectivity index (χ1) is 9.22. The van der Waals surface area contributed by atoms with Crippen LogP contribution in [0.2, 0.25) is 0 Å². The zero-order valence-corrected chi connectivity index (χ0v) is 10.7. The number of hydrogen-bond donors (Lipinski definition) is 1. The molecule has 0 aliphatic carbocycles. The second-order valence-electron chi connectivity index (χ2n) is 4.18. The van der Waals surface area contributed by atoms with Gasteiger partial charge in [0.1, 0.15) is 0 Å². The standard InChI is InChI=1S/C13H16N2O4/c1-18-14-19-9-8-10-2-4-11(5-3-10)15-12(16)6-7-13(15)17/h2-5,14H,6-9H2,1H3. The van der Waals surface area contributed by atoms with Gasteiger partial charge in [0.05, 0.1) is 19.4 Å². The van der Waals surface area contributed by atoms with Crippen LogP contribution in [0.5, 0.6) is 0 Å². The summed E-state index contributed by atoms with van der Waals surface area (Å²) in [4.78, 5) is 33.9. The summed E-state index contributed by atoms with van der Waals surface area (Å²) in [5.41, 5.74) is 3.98. The second kappa shape index (κ2) is 6.42. The molecule has 1 aliphatic rings. The number of carbonyl (C=O) groups excluding carboxylic acids is 2. The SMILES string of the molecule is CONOCCc1ccc(N2C(=O)CCC2=O)cc1. The normalized spacial score (nSPS) is 15.3. The molecule has 0 aromatic heterocycles. The quantitative estimate of drug-likeness (QED) is 0.471. The summed E-state index contributed by atoms with van der Waals surface area (Å²) >= 11 is 0. The van der Waals surface area contributed by atoms with Gasteiger partial charge in [-0.15, -0.1) is 0 Å². The minimum absolute atomic E-state index is 0.134. The Labute approximate surface area is 111 Å². The molecule has 0 radical (unpaired) electrons. The molecule has 2 amide bonds. The number of imide groups is 1. The fourth-order valence-corrected chi connectivity index (χ4v) is 1.95. The zero-order valence-electron chi connectivity index (χ0n) is 10.7. The smallest absolute Gasteiger partial charge is 0.234 e. The molecule has 1 aromatic carbocycles. The number of nitrogens with one attached hydrogen (secondary N) is 1. The maximum atomic E-state index is 11.6. The molecule has 0 unspecified atom stereocenters. The van der Waals surface area contributed by atoms with E-state index in [2.05, 4.69) is 10.5 Å². The van der Waals surface area contributed by atoms with Gasteiger partial charge in [-0.05, 0) is 24.1 Å². The lowest BCUT2D eigenvalue weighted by Gasteiger charge is -2.14. The van der Waals surface area contributed by atoms with Crippen molar-refractivity contribution in [2.45, 2.75) is 19.3 Å². The van der Waals surface area contributed by atoms with Crippen molar-refractivity contribution in [3.63, 3.8) is 0 Å². The maximum Gasteiger partial charge on any atom is 0.234 e. The van der Waals surface area contributed by atoms with Crippen LogP contribution in [-0.4, -0.2) is 25.5 Å². The lowest BCUT2D eigenvalue weighted by molar-refractivity contribution is -0.150. The Morgan fingerprint density at radius 3 is 2.37 bits per heavy atom. The number of anilines is 1. The molecule has 19 heavy (non-hydrogen) atoms. The highest BCUT2D eigenvalue weighted by Crippen LogP contribution is 2.22. The van der Waals surface area contributed by atoms with Crippen molar-refractivity contribution < 1.29 is 19.3 Å². The van der Waals surface area contributed by atoms with Crippen LogP contribution in [-0.2, 0) is 25.7 Å². The van der Waals surface area contributed by atoms with E-state index in [9.17, 15) is 9.59 Å². The van der Waals surface area contributed by atoms with Gasteiger partial charge < -0.3 is 0 Å². The lowest BCUT2D eigenvalue weighted by Crippen LogP contribution is -2.28. The fourth-order valence-electron chi connectivity index (χ4n) is 1.95. The molecule has 0 bridgehead atoms. The molecular formula is C13H16N2O4. The van der Waals surface area contributed by atoms with Crippen LogP contribution in [0.4, 0.5) is 5.69 Å². The van der Waals surface area contributed by atoms with Crippen LogP contribution in [0, 0.1) is 0 Å². The molecule has 1 N–H and O–H groups in total. The monoisotopic (exact) mass is 264 g/mol. The molecule has 1 aromatic rings. The summed E-state index contributed by atoms with van der Waals surface area (Å²) in [6.45, 7) is 0.467. The number of hydrogen-bond acceptors (Lipinski definition) is 5. The topological polar surface area (TPSA) is 67.9 Å². The number of nitrogens with zero attached hydrogens (tertiary/aromatic N) is 1. The van der Waals surface area contributed by atoms with Gasteiger partial charge in [0.2, 0.25) is 11.8 Å². The summed E-state index contributed by atoms with van der Waals surface area (Å²) in [6.07, 6.45) is 1.31. The maximum absolute atomic E-state index is 11.6. The third-order valence-corrected chi connectivity index (χ3v) is 2.88. The van der Waals surface area contributed by atoms with Gasteiger partial charge in [-0.2, -0.15) is 0 Å². The highest BCUT2D eigenvalue weighted by molar-refractivity contribution is 6.19. The zero-order chi connectivity index (χ0) is 13.7. The van der Waals surface area contributed by atoms with Crippen LogP contribution < -0.4 is 10.5 Å². The Morgan fingerprint density at radius 1 is 1.16 bits per heavy atom. The number of benzene rings is 1. The fraction of sp³-hybridized carbons (Fsp3) is 0.385. The third kappa shape index (κ3) is 3.37. The van der Waals surface area contributed by atoms with Gasteiger partial charge in [0.25, 0.3) is 0 Å². The average Bonchev–Trinajstić information content (AvgIpc) is 2.75. The van der Waals surface area contributed by atoms with Crippen LogP contribution >= 0.6 is 0 Å². The van der Waals surface area contributed by atoms with E-state index in [4.69, 9.17) is 4.84 Å². The summed E-state index contributed by atoms with van der Waals surface area (Å²) < 4.78 is 0. The van der Waals surface area contributed by atoms with E-state index in [1.807, 2.05) is 12.1 Å². The first-order valence-electron chi connectivity index (χ1n) is 6.07. The molecule has 1 fully saturated rings. The van der Waals surface area contributed by atoms with Gasteiger partial charge in [0.15, 0.2) is 0 Å². The van der Waals surface area contributed by atoms with Crippen molar-refractivity contribution >= 4 is 17.5 Å². The molecule has 0 spiro atoms. The molecule has 0 saturated carbocycles. The first-order valence-corrected chi connectivity index (χ1v) is 6.07. The Hall–Kier alpha value is -1.76. The van der Waals surface area contributed by atoms with E-state index in [1.54, 1.807) is 12.1 Å². The van der Waals surface area contributed by atoms with E-state index in [0.717, 1.165) is 5.56 Å². The van der Waals surface area contributed by atoms with Crippen LogP contribution in [0.25, 0.3) is 0 Å². The second-order valence-corrected chi connectivity index (χ2v) is 4.18. The Kier molecular flexibility index (Phi) is 4.62. The van der Waals surface area contributed by atoms with Crippen LogP contribution in [0.1, 0.15) is 18.4 Å². The molecule has 102 valence electrons. The van der Waals surface area contributed by atoms with Gasteiger partial charge in [-0.3, -0.25) is 24.2 Å². The molecule has 1 heterocycles. The van der Waals surface area contributed by atoms with Crippen molar-refractivity contribution in [1.82, 2.24) is 5.64 Å². The minimum Gasteiger partial charge on any atom is -0.280 e. The van der Waals surface area contributed by atoms with E-state index in [0.29, 0.717) is 31.6 Å². The van der Waals surface area contributed by atoms with Crippen LogP contribution in [0.15, 0.2) is 24.3 Å². The van der Waals surface area contributed by atoms with Crippen molar-refractivity contribution in [3.05, 3.63) is 29.8 Å². The third-order valence-electron chi connectivity index (χ3n) is 2.88. The van der Waals surface area contributed by atoms with Crippen molar-refractivity contribution in [2.24, 2.45) is 0 Å². The molecule has 0 atom stereocenters. The number of amides is 2. The lowest BCUT2D eigenvalue weighted by atomic mass is 10.1. The molecule has 2 rings (SSSR count). The van der Waals surface area contributed by atoms with E-state index >= 15 is 0 Å². The average molecular weight is 264 g/mol. The summed E-state index contributed by atoms with van der Waals surface area (Å²) in [5.74, 6) is -0.268. The Morgan fingerprint density at radius 2 is 1.79 bits per heavy atom. The van der Waals surface area contributed by atoms with Gasteiger partial charge in [-0.1, -0.05) is 17.8 Å². The highest BCUT2D eigenvalue weighted by atomic mass is 16.9. The van der Waals surface area contributed by atoms with Gasteiger partial charge in [0, 0.05) is 12.8 Å². The van der Waals surface area contributed by atoms with Crippen LogP contribution in [0.3, 0.4) is 0 Å². The summed E-state index contributed by atoms with van der Waals surface area (Å²) in [7, 11) is 1.47. The molecule has 1 aliphatic heterocycles. The van der Waals surface area contributed by atoms with E-state index < -0.39 is 0 Å². The van der Waals surface area contributed by atoms with Crippen molar-refractivity contribution in [1.29, 1.82) is 0 Å². The van der Waals surface area contributed by atoms with Gasteiger partial charge in [-0.25, -0.2) is 0 Å². The Bertz CT molecular complexity index is 442. The van der Waals surface area contributed by atoms with Gasteiger partial charge >= 0.3 is 0 Å². The number of rotatable bonds is 6. The van der Waals surface area contributed by atoms with E-state index in [1.165, 1.54) is 12.0 Å². The summed E-state index contributed by atoms with van der Waals surface area (Å²) in [5, 5.41) is 0. The molecule has 6 heteroatoms. The number of carbonyl (C=O) groups is 2. The molecular weight excluding hydrogens is 248 g/mol. The van der Waals surface area contributed by atoms with Crippen molar-refractivity contribution in [3.8, 4) is 0 Å². The summed E-state index contributed by atoms with van der Waals surface area (Å²) in [6, 6.07) is 7.31.